The van der Waals surface area contributed by atoms with Crippen LogP contribution in [-0.2, 0) is 0 Å². The first-order valence-corrected chi connectivity index (χ1v) is 4.23. The van der Waals surface area contributed by atoms with Crippen LogP contribution in [0.3, 0.4) is 0 Å². The van der Waals surface area contributed by atoms with Crippen molar-refractivity contribution in [3.8, 4) is 0 Å². The van der Waals surface area contributed by atoms with E-state index in [9.17, 15) is 0 Å². The third-order valence-electron chi connectivity index (χ3n) is 1.39. The second-order valence-corrected chi connectivity index (χ2v) is 3.33. The summed E-state index contributed by atoms with van der Waals surface area (Å²) >= 11 is 8.19. The lowest BCUT2D eigenvalue weighted by Crippen LogP contribution is -2.21. The Morgan fingerprint density at radius 2 is 2.09 bits per heavy atom. The molecule has 0 aliphatic carbocycles. The summed E-state index contributed by atoms with van der Waals surface area (Å²) in [5, 5.41) is 2.11. The van der Waals surface area contributed by atoms with Crippen LogP contribution in [0.1, 0.15) is 0 Å². The number of rotatable bonds is 0. The molecular weight excluding hydrogens is 224 g/mol. The Morgan fingerprint density at radius 3 is 2.82 bits per heavy atom. The normalized spacial score (nSPS) is 13.7. The Labute approximate surface area is 76.8 Å². The highest BCUT2D eigenvalue weighted by atomic mass is 79.9. The molecule has 0 saturated carbocycles. The minimum atomic E-state index is 0.409. The van der Waals surface area contributed by atoms with Crippen molar-refractivity contribution in [3.05, 3.63) is 33.4 Å². The number of hydrogen-bond acceptors (Lipinski definition) is 1. The van der Waals surface area contributed by atoms with Crippen LogP contribution < -0.4 is 10.7 Å². The van der Waals surface area contributed by atoms with E-state index in [1.165, 1.54) is 0 Å². The molecule has 2 nitrogen and oxygen atoms in total. The van der Waals surface area contributed by atoms with E-state index in [1.807, 2.05) is 18.2 Å². The van der Waals surface area contributed by atoms with E-state index in [0.717, 1.165) is 15.2 Å². The molecule has 1 heterocycles. The highest BCUT2D eigenvalue weighted by Crippen LogP contribution is 2.00. The summed E-state index contributed by atoms with van der Waals surface area (Å²) in [7, 11) is 0. The van der Waals surface area contributed by atoms with Gasteiger partial charge in [-0.25, -0.2) is 9.98 Å². The molecule has 2 rings (SSSR count). The Kier molecular flexibility index (Phi) is 1.58. The lowest BCUT2D eigenvalue weighted by molar-refractivity contribution is 1.34. The van der Waals surface area contributed by atoms with Gasteiger partial charge >= 0.3 is 0 Å². The minimum absolute atomic E-state index is 0.409. The summed E-state index contributed by atoms with van der Waals surface area (Å²) in [6, 6.07) is 5.73. The molecule has 1 aromatic rings. The van der Waals surface area contributed by atoms with Gasteiger partial charge in [0.05, 0.1) is 5.36 Å². The molecule has 0 amide bonds. The molecule has 0 radical (unpaired) electrons. The summed E-state index contributed by atoms with van der Waals surface area (Å²) < 4.78 is 0.943. The molecule has 1 aliphatic rings. The minimum Gasteiger partial charge on any atom is -0.217 e. The average molecular weight is 227 g/mol. The predicted molar refractivity (Wildman–Crippen MR) is 49.1 cm³/mol. The van der Waals surface area contributed by atoms with Crippen LogP contribution in [0.25, 0.3) is 0 Å². The Hall–Kier alpha value is -0.610. The zero-order valence-corrected chi connectivity index (χ0v) is 7.82. The van der Waals surface area contributed by atoms with Crippen LogP contribution in [0.4, 0.5) is 0 Å². The van der Waals surface area contributed by atoms with Gasteiger partial charge in [0, 0.05) is 4.47 Å². The first kappa shape index (κ1) is 7.06. The highest BCUT2D eigenvalue weighted by molar-refractivity contribution is 9.10. The molecule has 1 aromatic carbocycles. The van der Waals surface area contributed by atoms with Crippen LogP contribution in [0, 0.1) is 0 Å². The van der Waals surface area contributed by atoms with E-state index in [-0.39, 0.29) is 0 Å². The molecule has 0 unspecified atom stereocenters. The first-order valence-electron chi connectivity index (χ1n) is 3.03. The topological polar surface area (TPSA) is 24.7 Å². The number of nitrogens with zero attached hydrogens (tertiary/aromatic N) is 2. The predicted octanol–water partition coefficient (Wildman–Crippen LogP) is 0.987. The van der Waals surface area contributed by atoms with E-state index in [2.05, 4.69) is 25.9 Å². The van der Waals surface area contributed by atoms with E-state index in [4.69, 9.17) is 12.2 Å². The van der Waals surface area contributed by atoms with Crippen molar-refractivity contribution in [2.75, 3.05) is 0 Å². The van der Waals surface area contributed by atoms with Gasteiger partial charge in [-0.15, -0.1) is 0 Å². The van der Waals surface area contributed by atoms with Crippen LogP contribution in [-0.4, -0.2) is 5.11 Å². The molecule has 11 heavy (non-hydrogen) atoms. The lowest BCUT2D eigenvalue weighted by Gasteiger charge is -1.84. The van der Waals surface area contributed by atoms with Gasteiger partial charge in [0.25, 0.3) is 0 Å². The number of hydrogen-bond donors (Lipinski definition) is 0. The van der Waals surface area contributed by atoms with Gasteiger partial charge in [0.15, 0.2) is 0 Å². The molecule has 0 aromatic heterocycles. The standard InChI is InChI=1S/C7H3BrN2S/c8-4-2-1-3-5-6(4)10-7(11)9-5/h1-3H. The first-order chi connectivity index (χ1) is 5.27. The van der Waals surface area contributed by atoms with E-state index < -0.39 is 0 Å². The summed E-state index contributed by atoms with van der Waals surface area (Å²) in [6.07, 6.45) is 0. The second-order valence-electron chi connectivity index (χ2n) is 2.11. The summed E-state index contributed by atoms with van der Waals surface area (Å²) in [5.74, 6) is 0. The quantitative estimate of drug-likeness (QED) is 0.606. The fourth-order valence-corrected chi connectivity index (χ4v) is 1.56. The van der Waals surface area contributed by atoms with Crippen LogP contribution in [0.2, 0.25) is 0 Å². The van der Waals surface area contributed by atoms with Crippen LogP contribution in [0.5, 0.6) is 0 Å². The van der Waals surface area contributed by atoms with Gasteiger partial charge in [0.2, 0.25) is 5.11 Å². The Morgan fingerprint density at radius 1 is 1.27 bits per heavy atom. The molecular formula is C7H3BrN2S. The number of para-hydroxylation sites is 1. The van der Waals surface area contributed by atoms with Crippen molar-refractivity contribution in [1.82, 2.24) is 0 Å². The fourth-order valence-electron chi connectivity index (χ4n) is 0.929. The molecule has 4 heteroatoms. The van der Waals surface area contributed by atoms with Gasteiger partial charge in [0.1, 0.15) is 5.36 Å². The average Bonchev–Trinajstić information content (AvgIpc) is 2.31. The highest BCUT2D eigenvalue weighted by Gasteiger charge is 2.02. The summed E-state index contributed by atoms with van der Waals surface area (Å²) in [4.78, 5) is 8.12. The number of benzene rings is 1. The second kappa shape index (κ2) is 2.46. The van der Waals surface area contributed by atoms with Crippen LogP contribution >= 0.6 is 28.1 Å². The zero-order chi connectivity index (χ0) is 7.84. The summed E-state index contributed by atoms with van der Waals surface area (Å²) in [5.41, 5.74) is 0. The van der Waals surface area contributed by atoms with Crippen molar-refractivity contribution in [2.45, 2.75) is 0 Å². The van der Waals surface area contributed by atoms with Gasteiger partial charge in [-0.3, -0.25) is 0 Å². The van der Waals surface area contributed by atoms with Gasteiger partial charge in [-0.1, -0.05) is 6.07 Å². The van der Waals surface area contributed by atoms with Crippen molar-refractivity contribution < 1.29 is 0 Å². The van der Waals surface area contributed by atoms with Crippen LogP contribution in [0.15, 0.2) is 32.7 Å². The van der Waals surface area contributed by atoms with Gasteiger partial charge in [-0.2, -0.15) is 0 Å². The Bertz CT molecular complexity index is 438. The lowest BCUT2D eigenvalue weighted by atomic mass is 10.3. The largest absolute Gasteiger partial charge is 0.220 e. The number of halogens is 1. The smallest absolute Gasteiger partial charge is 0.217 e. The van der Waals surface area contributed by atoms with E-state index in [0.29, 0.717) is 5.11 Å². The summed E-state index contributed by atoms with van der Waals surface area (Å²) in [6.45, 7) is 0. The third-order valence-corrected chi connectivity index (χ3v) is 2.21. The molecule has 0 spiro atoms. The third kappa shape index (κ3) is 1.12. The van der Waals surface area contributed by atoms with E-state index in [1.54, 1.807) is 0 Å². The van der Waals surface area contributed by atoms with E-state index >= 15 is 0 Å². The van der Waals surface area contributed by atoms with Gasteiger partial charge < -0.3 is 0 Å². The molecule has 0 fully saturated rings. The molecule has 0 saturated heterocycles. The zero-order valence-electron chi connectivity index (χ0n) is 5.41. The van der Waals surface area contributed by atoms with Crippen molar-refractivity contribution >= 4 is 33.3 Å². The Balaban J connectivity index is 2.97. The van der Waals surface area contributed by atoms with Gasteiger partial charge in [-0.05, 0) is 40.3 Å². The molecule has 0 bridgehead atoms. The van der Waals surface area contributed by atoms with Crippen molar-refractivity contribution in [2.24, 2.45) is 9.98 Å². The maximum absolute atomic E-state index is 4.83. The molecule has 0 atom stereocenters. The SMILES string of the molecule is S=C1N=c2cccc(Br)c2=N1. The number of fused-ring (bicyclic) bond motifs is 1. The maximum Gasteiger partial charge on any atom is 0.220 e. The monoisotopic (exact) mass is 226 g/mol. The number of thiocarbonyl (C=S) groups is 1. The molecule has 1 aliphatic heterocycles. The van der Waals surface area contributed by atoms with Crippen molar-refractivity contribution in [1.29, 1.82) is 0 Å². The molecule has 0 N–H and O–H groups in total. The molecule has 54 valence electrons. The van der Waals surface area contributed by atoms with Crippen molar-refractivity contribution in [3.63, 3.8) is 0 Å². The maximum atomic E-state index is 4.83. The fraction of sp³-hybridized carbons (Fsp3) is 0.